The lowest BCUT2D eigenvalue weighted by Crippen LogP contribution is -2.19. The Labute approximate surface area is 107 Å². The zero-order valence-corrected chi connectivity index (χ0v) is 11.0. The molecule has 0 amide bonds. The number of ketones is 1. The molecule has 0 atom stereocenters. The van der Waals surface area contributed by atoms with Crippen molar-refractivity contribution in [2.45, 2.75) is 30.6 Å². The van der Waals surface area contributed by atoms with Crippen LogP contribution >= 0.6 is 11.8 Å². The first-order chi connectivity index (χ1) is 8.29. The van der Waals surface area contributed by atoms with Gasteiger partial charge in [0, 0.05) is 10.8 Å². The maximum Gasteiger partial charge on any atom is 0.173 e. The van der Waals surface area contributed by atoms with Crippen molar-refractivity contribution in [2.24, 2.45) is 5.92 Å². The molecule has 1 aliphatic carbocycles. The molecule has 17 heavy (non-hydrogen) atoms. The molecule has 1 fully saturated rings. The molecule has 0 aliphatic heterocycles. The number of rotatable bonds is 5. The first-order valence-corrected chi connectivity index (χ1v) is 7.31. The number of hydrogen-bond acceptors (Lipinski definition) is 3. The van der Waals surface area contributed by atoms with Crippen LogP contribution in [0.15, 0.2) is 29.2 Å². The Balaban J connectivity index is 1.82. The summed E-state index contributed by atoms with van der Waals surface area (Å²) in [6.07, 6.45) is 6.53. The van der Waals surface area contributed by atoms with Crippen LogP contribution in [0.1, 0.15) is 25.7 Å². The molecule has 0 N–H and O–H groups in total. The molecule has 0 saturated heterocycles. The van der Waals surface area contributed by atoms with Gasteiger partial charge >= 0.3 is 0 Å². The third kappa shape index (κ3) is 3.50. The van der Waals surface area contributed by atoms with Crippen molar-refractivity contribution in [1.82, 2.24) is 0 Å². The zero-order valence-electron chi connectivity index (χ0n) is 10.1. The van der Waals surface area contributed by atoms with Crippen LogP contribution in [-0.4, -0.2) is 18.6 Å². The third-order valence-electron chi connectivity index (χ3n) is 3.25. The van der Waals surface area contributed by atoms with Crippen LogP contribution in [0, 0.1) is 5.92 Å². The van der Waals surface area contributed by atoms with Gasteiger partial charge in [-0.3, -0.25) is 4.79 Å². The number of benzene rings is 1. The molecule has 2 nitrogen and oxygen atoms in total. The fourth-order valence-corrected chi connectivity index (χ4v) is 2.60. The molecule has 0 aromatic heterocycles. The van der Waals surface area contributed by atoms with Crippen molar-refractivity contribution in [3.8, 4) is 5.75 Å². The number of carbonyl (C=O) groups is 1. The molecular weight excluding hydrogens is 232 g/mol. The Hall–Kier alpha value is -0.960. The lowest BCUT2D eigenvalue weighted by molar-refractivity contribution is -0.124. The quantitative estimate of drug-likeness (QED) is 0.748. The molecule has 1 aliphatic rings. The molecule has 0 heterocycles. The van der Waals surface area contributed by atoms with Crippen molar-refractivity contribution in [1.29, 1.82) is 0 Å². The maximum absolute atomic E-state index is 11.8. The monoisotopic (exact) mass is 250 g/mol. The first-order valence-electron chi connectivity index (χ1n) is 6.09. The summed E-state index contributed by atoms with van der Waals surface area (Å²) in [5, 5.41) is 0. The topological polar surface area (TPSA) is 26.3 Å². The highest BCUT2D eigenvalue weighted by Gasteiger charge is 2.22. The van der Waals surface area contributed by atoms with E-state index in [1.807, 2.05) is 30.5 Å². The minimum atomic E-state index is 0.225. The summed E-state index contributed by atoms with van der Waals surface area (Å²) in [5.74, 6) is 1.30. The predicted octanol–water partition coefficient (Wildman–Crippen LogP) is 3.55. The SMILES string of the molecule is CSc1ccc(OCC(=O)C2CCCC2)cc1. The molecule has 92 valence electrons. The largest absolute Gasteiger partial charge is 0.486 e. The minimum absolute atomic E-state index is 0.225. The molecule has 1 saturated carbocycles. The highest BCUT2D eigenvalue weighted by Crippen LogP contribution is 2.26. The second-order valence-corrected chi connectivity index (χ2v) is 5.29. The van der Waals surface area contributed by atoms with Crippen molar-refractivity contribution in [2.75, 3.05) is 12.9 Å². The molecule has 0 bridgehead atoms. The average Bonchev–Trinajstić information content (AvgIpc) is 2.90. The van der Waals surface area contributed by atoms with Gasteiger partial charge in [0.2, 0.25) is 0 Å². The van der Waals surface area contributed by atoms with Crippen LogP contribution in [-0.2, 0) is 4.79 Å². The van der Waals surface area contributed by atoms with Crippen LogP contribution in [0.4, 0.5) is 0 Å². The summed E-state index contributed by atoms with van der Waals surface area (Å²) in [6, 6.07) is 7.88. The van der Waals surface area contributed by atoms with Gasteiger partial charge in [-0.05, 0) is 43.4 Å². The van der Waals surface area contributed by atoms with E-state index in [2.05, 4.69) is 0 Å². The van der Waals surface area contributed by atoms with Gasteiger partial charge in [0.1, 0.15) is 12.4 Å². The summed E-state index contributed by atoms with van der Waals surface area (Å²) >= 11 is 1.70. The molecule has 1 aromatic carbocycles. The van der Waals surface area contributed by atoms with E-state index >= 15 is 0 Å². The standard InChI is InChI=1S/C14H18O2S/c1-17-13-8-6-12(7-9-13)16-10-14(15)11-4-2-3-5-11/h6-9,11H,2-5,10H2,1H3. The van der Waals surface area contributed by atoms with Gasteiger partial charge < -0.3 is 4.74 Å². The van der Waals surface area contributed by atoms with Gasteiger partial charge in [-0.2, -0.15) is 0 Å². The van der Waals surface area contributed by atoms with E-state index in [0.29, 0.717) is 0 Å². The second kappa shape index (κ2) is 6.10. The van der Waals surface area contributed by atoms with Gasteiger partial charge in [0.05, 0.1) is 0 Å². The Morgan fingerprint density at radius 3 is 2.53 bits per heavy atom. The van der Waals surface area contributed by atoms with E-state index in [4.69, 9.17) is 4.74 Å². The minimum Gasteiger partial charge on any atom is -0.486 e. The first kappa shape index (κ1) is 12.5. The Kier molecular flexibility index (Phi) is 4.49. The number of ether oxygens (including phenoxy) is 1. The van der Waals surface area contributed by atoms with Crippen LogP contribution in [0.25, 0.3) is 0 Å². The Morgan fingerprint density at radius 1 is 1.29 bits per heavy atom. The fourth-order valence-electron chi connectivity index (χ4n) is 2.19. The summed E-state index contributed by atoms with van der Waals surface area (Å²) in [7, 11) is 0. The molecule has 1 aromatic rings. The number of Topliss-reactive ketones (excluding diaryl/α,β-unsaturated/α-hetero) is 1. The number of thioether (sulfide) groups is 1. The third-order valence-corrected chi connectivity index (χ3v) is 3.99. The molecule has 0 radical (unpaired) electrons. The van der Waals surface area contributed by atoms with Crippen molar-refractivity contribution in [3.63, 3.8) is 0 Å². The second-order valence-electron chi connectivity index (χ2n) is 4.41. The average molecular weight is 250 g/mol. The maximum atomic E-state index is 11.8. The van der Waals surface area contributed by atoms with Gasteiger partial charge in [-0.15, -0.1) is 11.8 Å². The summed E-state index contributed by atoms with van der Waals surface area (Å²) in [5.41, 5.74) is 0. The van der Waals surface area contributed by atoms with Crippen LogP contribution in [0.2, 0.25) is 0 Å². The number of carbonyl (C=O) groups excluding carboxylic acids is 1. The Bertz CT molecular complexity index is 366. The normalized spacial score (nSPS) is 16.1. The van der Waals surface area contributed by atoms with E-state index in [0.717, 1.165) is 18.6 Å². The zero-order chi connectivity index (χ0) is 12.1. The van der Waals surface area contributed by atoms with E-state index in [1.54, 1.807) is 11.8 Å². The number of hydrogen-bond donors (Lipinski definition) is 0. The van der Waals surface area contributed by atoms with Crippen molar-refractivity contribution in [3.05, 3.63) is 24.3 Å². The predicted molar refractivity (Wildman–Crippen MR) is 70.7 cm³/mol. The van der Waals surface area contributed by atoms with E-state index in [-0.39, 0.29) is 18.3 Å². The molecule has 3 heteroatoms. The van der Waals surface area contributed by atoms with E-state index in [9.17, 15) is 4.79 Å². The Morgan fingerprint density at radius 2 is 1.94 bits per heavy atom. The van der Waals surface area contributed by atoms with Gasteiger partial charge in [-0.1, -0.05) is 12.8 Å². The summed E-state index contributed by atoms with van der Waals surface area (Å²) in [6.45, 7) is 0.225. The van der Waals surface area contributed by atoms with E-state index in [1.165, 1.54) is 17.7 Å². The highest BCUT2D eigenvalue weighted by atomic mass is 32.2. The smallest absolute Gasteiger partial charge is 0.173 e. The fraction of sp³-hybridized carbons (Fsp3) is 0.500. The molecular formula is C14H18O2S. The summed E-state index contributed by atoms with van der Waals surface area (Å²) < 4.78 is 5.52. The van der Waals surface area contributed by atoms with Gasteiger partial charge in [-0.25, -0.2) is 0 Å². The van der Waals surface area contributed by atoms with Gasteiger partial charge in [0.15, 0.2) is 5.78 Å². The van der Waals surface area contributed by atoms with Crippen LogP contribution < -0.4 is 4.74 Å². The van der Waals surface area contributed by atoms with Crippen molar-refractivity contribution >= 4 is 17.5 Å². The molecule has 0 spiro atoms. The lowest BCUT2D eigenvalue weighted by atomic mass is 10.0. The van der Waals surface area contributed by atoms with Crippen LogP contribution in [0.5, 0.6) is 5.75 Å². The summed E-state index contributed by atoms with van der Waals surface area (Å²) in [4.78, 5) is 13.0. The van der Waals surface area contributed by atoms with Crippen LogP contribution in [0.3, 0.4) is 0 Å². The van der Waals surface area contributed by atoms with Gasteiger partial charge in [0.25, 0.3) is 0 Å². The molecule has 0 unspecified atom stereocenters. The van der Waals surface area contributed by atoms with E-state index < -0.39 is 0 Å². The molecule has 2 rings (SSSR count). The van der Waals surface area contributed by atoms with Crippen molar-refractivity contribution < 1.29 is 9.53 Å². The lowest BCUT2D eigenvalue weighted by Gasteiger charge is -2.09. The highest BCUT2D eigenvalue weighted by molar-refractivity contribution is 7.98.